The minimum Gasteiger partial charge on any atom is -0.461 e. The van der Waals surface area contributed by atoms with Crippen LogP contribution in [0.4, 0.5) is 11.5 Å². The molecule has 0 unspecified atom stereocenters. The van der Waals surface area contributed by atoms with Gasteiger partial charge >= 0.3 is 6.01 Å². The normalized spacial score (nSPS) is 19.4. The van der Waals surface area contributed by atoms with Crippen LogP contribution < -0.4 is 14.5 Å². The van der Waals surface area contributed by atoms with Crippen LogP contribution in [0.5, 0.6) is 6.01 Å². The lowest BCUT2D eigenvalue weighted by molar-refractivity contribution is -0.128. The Hall–Kier alpha value is -4.16. The third kappa shape index (κ3) is 6.02. The maximum Gasteiger partial charge on any atom is 0.318 e. The maximum absolute atomic E-state index is 12.5. The largest absolute Gasteiger partial charge is 0.461 e. The Kier molecular flexibility index (Phi) is 8.48. The van der Waals surface area contributed by atoms with Gasteiger partial charge < -0.3 is 29.0 Å². The van der Waals surface area contributed by atoms with E-state index in [1.165, 1.54) is 34.5 Å². The molecule has 43 heavy (non-hydrogen) atoms. The molecule has 3 aromatic rings. The number of anilines is 2. The summed E-state index contributed by atoms with van der Waals surface area (Å²) in [6.07, 6.45) is 5.83. The first-order valence-corrected chi connectivity index (χ1v) is 15.4. The van der Waals surface area contributed by atoms with Crippen LogP contribution in [-0.4, -0.2) is 78.4 Å². The van der Waals surface area contributed by atoms with Gasteiger partial charge in [0, 0.05) is 42.8 Å². The molecule has 3 heterocycles. The Balaban J connectivity index is 1.31. The number of hydrogen-bond donors (Lipinski definition) is 0. The summed E-state index contributed by atoms with van der Waals surface area (Å²) < 4.78 is 12.3. The predicted octanol–water partition coefficient (Wildman–Crippen LogP) is 4.96. The van der Waals surface area contributed by atoms with Gasteiger partial charge in [0.15, 0.2) is 0 Å². The van der Waals surface area contributed by atoms with Gasteiger partial charge in [0.25, 0.3) is 0 Å². The van der Waals surface area contributed by atoms with Crippen molar-refractivity contribution in [2.75, 3.05) is 49.1 Å². The maximum atomic E-state index is 12.5. The van der Waals surface area contributed by atoms with Crippen molar-refractivity contribution in [3.63, 3.8) is 0 Å². The molecule has 0 radical (unpaired) electrons. The molecule has 3 aliphatic rings. The standard InChI is InChI=1S/C34H40N6O3/c1-5-31(41)40-18-17-39(20-26(40)19-35-4)33-28-15-16-38(30-14-7-11-25-10-6-9-23(2)32(25)30)21-29(28)36-34(37-33)42-22-24(3)43-27-12-8-13-27/h5-7,9-11,14,24,26-27H,1,8,12-13,15-22H2,2-3H3/t24-,26-/m0/s1. The number of amides is 1. The third-order valence-corrected chi connectivity index (χ3v) is 8.92. The second kappa shape index (κ2) is 12.6. The predicted molar refractivity (Wildman–Crippen MR) is 169 cm³/mol. The van der Waals surface area contributed by atoms with E-state index in [1.807, 2.05) is 6.92 Å². The number of ether oxygens (including phenoxy) is 2. The summed E-state index contributed by atoms with van der Waals surface area (Å²) in [6, 6.07) is 13.0. The Morgan fingerprint density at radius 1 is 1.16 bits per heavy atom. The fourth-order valence-corrected chi connectivity index (χ4v) is 6.47. The Labute approximate surface area is 253 Å². The molecule has 2 aromatic carbocycles. The van der Waals surface area contributed by atoms with E-state index >= 15 is 0 Å². The van der Waals surface area contributed by atoms with Crippen molar-refractivity contribution in [2.24, 2.45) is 0 Å². The number of hydrogen-bond acceptors (Lipinski definition) is 7. The molecule has 2 aliphatic heterocycles. The molecule has 9 heteroatoms. The molecule has 9 nitrogen and oxygen atoms in total. The fraction of sp³-hybridized carbons (Fsp3) is 0.471. The molecule has 1 aliphatic carbocycles. The molecule has 0 bridgehead atoms. The zero-order valence-corrected chi connectivity index (χ0v) is 25.2. The van der Waals surface area contributed by atoms with Gasteiger partial charge in [0.05, 0.1) is 24.4 Å². The highest BCUT2D eigenvalue weighted by molar-refractivity contribution is 5.97. The number of aromatic nitrogens is 2. The molecule has 1 amide bonds. The lowest BCUT2D eigenvalue weighted by Crippen LogP contribution is -2.56. The van der Waals surface area contributed by atoms with E-state index in [0.717, 1.165) is 42.9 Å². The monoisotopic (exact) mass is 580 g/mol. The van der Waals surface area contributed by atoms with E-state index in [2.05, 4.69) is 64.5 Å². The lowest BCUT2D eigenvalue weighted by atomic mass is 9.96. The Morgan fingerprint density at radius 2 is 1.98 bits per heavy atom. The summed E-state index contributed by atoms with van der Waals surface area (Å²) in [5.74, 6) is 0.713. The highest BCUT2D eigenvalue weighted by Crippen LogP contribution is 2.36. The zero-order chi connectivity index (χ0) is 29.9. The van der Waals surface area contributed by atoms with Gasteiger partial charge in [0.1, 0.15) is 18.5 Å². The summed E-state index contributed by atoms with van der Waals surface area (Å²) in [7, 11) is 0. The van der Waals surface area contributed by atoms with Crippen molar-refractivity contribution in [3.8, 4) is 6.01 Å². The molecule has 1 saturated heterocycles. The highest BCUT2D eigenvalue weighted by Gasteiger charge is 2.35. The number of fused-ring (bicyclic) bond motifs is 2. The topological polar surface area (TPSA) is 75.4 Å². The molecule has 224 valence electrons. The minimum atomic E-state index is -0.235. The summed E-state index contributed by atoms with van der Waals surface area (Å²) in [5, 5.41) is 2.50. The van der Waals surface area contributed by atoms with Crippen LogP contribution in [0.1, 0.15) is 43.0 Å². The second-order valence-electron chi connectivity index (χ2n) is 11.9. The Morgan fingerprint density at radius 3 is 2.72 bits per heavy atom. The van der Waals surface area contributed by atoms with Gasteiger partial charge in [-0.2, -0.15) is 9.97 Å². The first-order valence-electron chi connectivity index (χ1n) is 15.4. The number of rotatable bonds is 9. The van der Waals surface area contributed by atoms with Crippen LogP contribution in [-0.2, 0) is 22.5 Å². The smallest absolute Gasteiger partial charge is 0.318 e. The number of carbonyl (C=O) groups is 1. The molecule has 1 saturated carbocycles. The SMILES string of the molecule is [C-]#[N+]C[C@H]1CN(c2nc(OC[C@H](C)OC3CCC3)nc3c2CCN(c2cccc4cccc(C)c24)C3)CCN1C(=O)C=C. The van der Waals surface area contributed by atoms with Crippen molar-refractivity contribution in [1.29, 1.82) is 0 Å². The molecular formula is C34H40N6O3. The van der Waals surface area contributed by atoms with Crippen LogP contribution in [0.25, 0.3) is 15.6 Å². The van der Waals surface area contributed by atoms with Crippen LogP contribution in [0, 0.1) is 13.5 Å². The average Bonchev–Trinajstić information content (AvgIpc) is 3.00. The summed E-state index contributed by atoms with van der Waals surface area (Å²) in [5.41, 5.74) is 4.53. The Bertz CT molecular complexity index is 1540. The lowest BCUT2D eigenvalue weighted by Gasteiger charge is -2.41. The zero-order valence-electron chi connectivity index (χ0n) is 25.2. The van der Waals surface area contributed by atoms with E-state index in [-0.39, 0.29) is 24.6 Å². The quantitative estimate of drug-likeness (QED) is 0.262. The van der Waals surface area contributed by atoms with E-state index in [1.54, 1.807) is 4.90 Å². The number of benzene rings is 2. The fourth-order valence-electron chi connectivity index (χ4n) is 6.47. The summed E-state index contributed by atoms with van der Waals surface area (Å²) in [4.78, 5) is 32.5. The number of piperazine rings is 1. The van der Waals surface area contributed by atoms with Gasteiger partial charge in [-0.3, -0.25) is 4.79 Å². The molecule has 6 rings (SSSR count). The average molecular weight is 581 g/mol. The minimum absolute atomic E-state index is 0.0555. The molecule has 2 atom stereocenters. The van der Waals surface area contributed by atoms with Gasteiger partial charge in [-0.25, -0.2) is 6.57 Å². The molecule has 0 N–H and O–H groups in total. The van der Waals surface area contributed by atoms with Gasteiger partial charge in [0.2, 0.25) is 12.5 Å². The van der Waals surface area contributed by atoms with Crippen LogP contribution >= 0.6 is 0 Å². The van der Waals surface area contributed by atoms with E-state index < -0.39 is 0 Å². The van der Waals surface area contributed by atoms with E-state index in [9.17, 15) is 4.79 Å². The number of nitrogens with zero attached hydrogens (tertiary/aromatic N) is 6. The van der Waals surface area contributed by atoms with Gasteiger partial charge in [-0.05, 0) is 62.6 Å². The van der Waals surface area contributed by atoms with Crippen LogP contribution in [0.15, 0.2) is 49.1 Å². The van der Waals surface area contributed by atoms with Gasteiger partial charge in [-0.15, -0.1) is 0 Å². The first-order chi connectivity index (χ1) is 20.9. The van der Waals surface area contributed by atoms with Crippen LogP contribution in [0.2, 0.25) is 0 Å². The molecular weight excluding hydrogens is 540 g/mol. The van der Waals surface area contributed by atoms with E-state index in [0.29, 0.717) is 44.9 Å². The first kappa shape index (κ1) is 28.9. The second-order valence-corrected chi connectivity index (χ2v) is 11.9. The van der Waals surface area contributed by atoms with Crippen molar-refractivity contribution in [3.05, 3.63) is 77.3 Å². The third-order valence-electron chi connectivity index (χ3n) is 8.92. The number of carbonyl (C=O) groups excluding carboxylic acids is 1. The molecule has 1 aromatic heterocycles. The molecule has 0 spiro atoms. The highest BCUT2D eigenvalue weighted by atomic mass is 16.5. The summed E-state index contributed by atoms with van der Waals surface area (Å²) >= 11 is 0. The van der Waals surface area contributed by atoms with Gasteiger partial charge in [-0.1, -0.05) is 36.9 Å². The van der Waals surface area contributed by atoms with Crippen molar-refractivity contribution in [2.45, 2.75) is 64.3 Å². The molecule has 2 fully saturated rings. The van der Waals surface area contributed by atoms with Crippen molar-refractivity contribution < 1.29 is 14.3 Å². The van der Waals surface area contributed by atoms with E-state index in [4.69, 9.17) is 26.0 Å². The van der Waals surface area contributed by atoms with Crippen molar-refractivity contribution in [1.82, 2.24) is 14.9 Å². The van der Waals surface area contributed by atoms with Crippen LogP contribution in [0.3, 0.4) is 0 Å². The summed E-state index contributed by atoms with van der Waals surface area (Å²) in [6.45, 7) is 19.1. The van der Waals surface area contributed by atoms with Crippen molar-refractivity contribution >= 4 is 28.2 Å². The number of aryl methyl sites for hydroxylation is 1.